The van der Waals surface area contributed by atoms with Crippen molar-refractivity contribution >= 4 is 17.4 Å². The Morgan fingerprint density at radius 2 is 2.13 bits per heavy atom. The van der Waals surface area contributed by atoms with Crippen LogP contribution in [0.4, 0.5) is 19.0 Å². The first-order chi connectivity index (χ1) is 14.3. The number of hydrogen-bond donors (Lipinski definition) is 1. The highest BCUT2D eigenvalue weighted by Gasteiger charge is 2.32. The molecule has 0 unspecified atom stereocenters. The van der Waals surface area contributed by atoms with Gasteiger partial charge in [-0.2, -0.15) is 13.2 Å². The second-order valence-corrected chi connectivity index (χ2v) is 6.89. The maximum absolute atomic E-state index is 12.8. The molecule has 3 aromatic rings. The highest BCUT2D eigenvalue weighted by Crippen LogP contribution is 2.28. The molecule has 4 rings (SSSR count). The van der Waals surface area contributed by atoms with E-state index in [0.717, 1.165) is 37.3 Å². The van der Waals surface area contributed by atoms with Gasteiger partial charge in [0, 0.05) is 25.6 Å². The quantitative estimate of drug-likeness (QED) is 0.681. The molecule has 30 heavy (non-hydrogen) atoms. The van der Waals surface area contributed by atoms with E-state index in [1.807, 2.05) is 0 Å². The number of alkyl halides is 3. The van der Waals surface area contributed by atoms with Gasteiger partial charge in [-0.3, -0.25) is 9.20 Å². The van der Waals surface area contributed by atoms with Crippen LogP contribution >= 0.6 is 0 Å². The molecule has 0 spiro atoms. The summed E-state index contributed by atoms with van der Waals surface area (Å²) < 4.78 is 50.7. The van der Waals surface area contributed by atoms with Crippen molar-refractivity contribution in [1.82, 2.24) is 19.4 Å². The number of amides is 1. The highest BCUT2D eigenvalue weighted by atomic mass is 19.4. The standard InChI is InChI=1S/C19H18F3N5O3/c1-29-18-16-23-12(7-11-5-6-30-10-11)8-27(16)9-13(24-18)17(28)26-15-4-2-3-14(25-15)19(20,21)22/h2-4,8-9,11H,5-7,10H2,1H3,(H,25,26,28)/t11-/m0/s1. The molecule has 4 heterocycles. The summed E-state index contributed by atoms with van der Waals surface area (Å²) in [6.07, 6.45) is 0.291. The Bertz CT molecular complexity index is 1080. The number of aromatic nitrogens is 4. The number of carbonyl (C=O) groups excluding carboxylic acids is 1. The van der Waals surface area contributed by atoms with Crippen LogP contribution in [0.25, 0.3) is 5.65 Å². The van der Waals surface area contributed by atoms with E-state index in [1.165, 1.54) is 19.4 Å². The molecule has 8 nitrogen and oxygen atoms in total. The second-order valence-electron chi connectivity index (χ2n) is 6.89. The molecular formula is C19H18F3N5O3. The first-order valence-corrected chi connectivity index (χ1v) is 9.19. The molecule has 1 N–H and O–H groups in total. The fourth-order valence-corrected chi connectivity index (χ4v) is 3.25. The summed E-state index contributed by atoms with van der Waals surface area (Å²) in [6, 6.07) is 3.25. The predicted molar refractivity (Wildman–Crippen MR) is 99.4 cm³/mol. The minimum absolute atomic E-state index is 0.0493. The molecule has 3 aromatic heterocycles. The highest BCUT2D eigenvalue weighted by molar-refractivity contribution is 6.02. The summed E-state index contributed by atoms with van der Waals surface area (Å²) >= 11 is 0. The molecule has 1 aliphatic rings. The van der Waals surface area contributed by atoms with Gasteiger partial charge in [-0.1, -0.05) is 6.07 Å². The van der Waals surface area contributed by atoms with Gasteiger partial charge in [0.15, 0.2) is 0 Å². The number of rotatable bonds is 5. The number of nitrogens with one attached hydrogen (secondary N) is 1. The first kappa shape index (κ1) is 20.1. The molecule has 11 heteroatoms. The topological polar surface area (TPSA) is 90.6 Å². The second kappa shape index (κ2) is 7.90. The van der Waals surface area contributed by atoms with Crippen molar-refractivity contribution < 1.29 is 27.4 Å². The van der Waals surface area contributed by atoms with E-state index >= 15 is 0 Å². The van der Waals surface area contributed by atoms with E-state index in [4.69, 9.17) is 9.47 Å². The monoisotopic (exact) mass is 421 g/mol. The van der Waals surface area contributed by atoms with E-state index in [-0.39, 0.29) is 17.4 Å². The van der Waals surface area contributed by atoms with Crippen molar-refractivity contribution in [2.24, 2.45) is 5.92 Å². The molecule has 0 bridgehead atoms. The average molecular weight is 421 g/mol. The molecule has 0 saturated carbocycles. The molecule has 0 aromatic carbocycles. The Kier molecular flexibility index (Phi) is 5.29. The van der Waals surface area contributed by atoms with Gasteiger partial charge >= 0.3 is 6.18 Å². The number of hydrogen-bond acceptors (Lipinski definition) is 6. The van der Waals surface area contributed by atoms with Gasteiger partial charge in [-0.05, 0) is 30.9 Å². The third kappa shape index (κ3) is 4.20. The molecule has 1 amide bonds. The summed E-state index contributed by atoms with van der Waals surface area (Å²) in [7, 11) is 1.40. The molecule has 1 fully saturated rings. The Morgan fingerprint density at radius 1 is 1.30 bits per heavy atom. The van der Waals surface area contributed by atoms with Crippen LogP contribution in [0.5, 0.6) is 5.88 Å². The number of ether oxygens (including phenoxy) is 2. The smallest absolute Gasteiger partial charge is 0.433 e. The van der Waals surface area contributed by atoms with Crippen LogP contribution < -0.4 is 10.1 Å². The number of methoxy groups -OCH3 is 1. The zero-order valence-corrected chi connectivity index (χ0v) is 15.9. The number of fused-ring (bicyclic) bond motifs is 1. The van der Waals surface area contributed by atoms with E-state index in [9.17, 15) is 18.0 Å². The van der Waals surface area contributed by atoms with Crippen molar-refractivity contribution in [3.8, 4) is 5.88 Å². The predicted octanol–water partition coefficient (Wildman–Crippen LogP) is 2.98. The van der Waals surface area contributed by atoms with Gasteiger partial charge in [-0.15, -0.1) is 0 Å². The van der Waals surface area contributed by atoms with Crippen molar-refractivity contribution in [3.05, 3.63) is 47.7 Å². The van der Waals surface area contributed by atoms with Crippen molar-refractivity contribution in [2.75, 3.05) is 25.6 Å². The van der Waals surface area contributed by atoms with Crippen LogP contribution in [0.2, 0.25) is 0 Å². The largest absolute Gasteiger partial charge is 0.478 e. The number of anilines is 1. The zero-order valence-electron chi connectivity index (χ0n) is 15.9. The van der Waals surface area contributed by atoms with Crippen LogP contribution in [-0.2, 0) is 17.3 Å². The van der Waals surface area contributed by atoms with Gasteiger partial charge in [-0.25, -0.2) is 15.0 Å². The van der Waals surface area contributed by atoms with Gasteiger partial charge in [0.25, 0.3) is 11.8 Å². The maximum atomic E-state index is 12.8. The van der Waals surface area contributed by atoms with Crippen LogP contribution in [0.15, 0.2) is 30.6 Å². The Labute approximate surface area is 169 Å². The van der Waals surface area contributed by atoms with E-state index < -0.39 is 17.8 Å². The Balaban J connectivity index is 1.59. The summed E-state index contributed by atoms with van der Waals surface area (Å²) in [5.74, 6) is -0.443. The molecular weight excluding hydrogens is 403 g/mol. The van der Waals surface area contributed by atoms with Crippen LogP contribution in [-0.4, -0.2) is 45.6 Å². The van der Waals surface area contributed by atoms with Crippen molar-refractivity contribution in [2.45, 2.75) is 19.0 Å². The lowest BCUT2D eigenvalue weighted by atomic mass is 10.0. The van der Waals surface area contributed by atoms with Crippen molar-refractivity contribution in [1.29, 1.82) is 0 Å². The maximum Gasteiger partial charge on any atom is 0.433 e. The molecule has 1 atom stereocenters. The minimum Gasteiger partial charge on any atom is -0.478 e. The van der Waals surface area contributed by atoms with E-state index in [2.05, 4.69) is 20.3 Å². The third-order valence-corrected chi connectivity index (χ3v) is 4.69. The molecule has 1 aliphatic heterocycles. The Morgan fingerprint density at radius 3 is 2.83 bits per heavy atom. The number of nitrogens with zero attached hydrogens (tertiary/aromatic N) is 4. The van der Waals surface area contributed by atoms with Gasteiger partial charge in [0.1, 0.15) is 17.2 Å². The number of halogens is 3. The van der Waals surface area contributed by atoms with Crippen LogP contribution in [0.3, 0.4) is 0 Å². The first-order valence-electron chi connectivity index (χ1n) is 9.19. The Hall–Kier alpha value is -3.21. The lowest BCUT2D eigenvalue weighted by Crippen LogP contribution is -2.17. The fourth-order valence-electron chi connectivity index (χ4n) is 3.25. The van der Waals surface area contributed by atoms with Gasteiger partial charge < -0.3 is 14.8 Å². The van der Waals surface area contributed by atoms with Crippen LogP contribution in [0, 0.1) is 5.92 Å². The average Bonchev–Trinajstić information content (AvgIpc) is 3.36. The SMILES string of the molecule is COc1nc(C(=O)Nc2cccc(C(F)(F)F)n2)cn2cc(C[C@@H]3CCOC3)nc12. The van der Waals surface area contributed by atoms with E-state index in [1.54, 1.807) is 10.6 Å². The van der Waals surface area contributed by atoms with Gasteiger partial charge in [0.05, 0.1) is 12.8 Å². The van der Waals surface area contributed by atoms with Crippen molar-refractivity contribution in [3.63, 3.8) is 0 Å². The molecule has 158 valence electrons. The van der Waals surface area contributed by atoms with E-state index in [0.29, 0.717) is 18.2 Å². The molecule has 0 aliphatic carbocycles. The summed E-state index contributed by atoms with van der Waals surface area (Å²) in [4.78, 5) is 24.7. The minimum atomic E-state index is -4.61. The van der Waals surface area contributed by atoms with Gasteiger partial charge in [0.2, 0.25) is 5.65 Å². The lowest BCUT2D eigenvalue weighted by molar-refractivity contribution is -0.141. The number of imidazole rings is 1. The third-order valence-electron chi connectivity index (χ3n) is 4.69. The fraction of sp³-hybridized carbons (Fsp3) is 0.368. The zero-order chi connectivity index (χ0) is 21.3. The molecule has 1 saturated heterocycles. The summed E-state index contributed by atoms with van der Waals surface area (Å²) in [6.45, 7) is 1.41. The number of pyridine rings is 1. The summed E-state index contributed by atoms with van der Waals surface area (Å²) in [5.41, 5.74) is 0.103. The van der Waals surface area contributed by atoms with Crippen LogP contribution in [0.1, 0.15) is 28.3 Å². The molecule has 0 radical (unpaired) electrons. The number of carbonyl (C=O) groups is 1. The normalized spacial score (nSPS) is 16.7. The lowest BCUT2D eigenvalue weighted by Gasteiger charge is -2.09. The summed E-state index contributed by atoms with van der Waals surface area (Å²) in [5, 5.41) is 2.33.